The molecule has 2 aromatic rings. The van der Waals surface area contributed by atoms with Gasteiger partial charge in [0.25, 0.3) is 0 Å². The molecule has 0 amide bonds. The lowest BCUT2D eigenvalue weighted by molar-refractivity contribution is 0.940. The van der Waals surface area contributed by atoms with Crippen LogP contribution >= 0.6 is 11.3 Å². The predicted molar refractivity (Wildman–Crippen MR) is 75.1 cm³/mol. The van der Waals surface area contributed by atoms with Crippen LogP contribution in [0.2, 0.25) is 0 Å². The molecule has 0 aliphatic heterocycles. The summed E-state index contributed by atoms with van der Waals surface area (Å²) < 4.78 is 0. The van der Waals surface area contributed by atoms with E-state index in [1.807, 2.05) is 20.2 Å². The standard InChI is InChI=1S/C11H16N6S/c1-17(2)11-15-9(12)14-10(16-11)13-6-5-8-4-3-7-18-8/h3-4,7H,5-6H2,1-2H3,(H3,12,13,14,15,16). The molecule has 0 aliphatic rings. The quantitative estimate of drug-likeness (QED) is 0.845. The van der Waals surface area contributed by atoms with Gasteiger partial charge in [-0.2, -0.15) is 15.0 Å². The van der Waals surface area contributed by atoms with Gasteiger partial charge in [-0.3, -0.25) is 0 Å². The SMILES string of the molecule is CN(C)c1nc(N)nc(NCCc2cccs2)n1. The molecule has 6 nitrogen and oxygen atoms in total. The van der Waals surface area contributed by atoms with Gasteiger partial charge in [-0.1, -0.05) is 6.07 Å². The smallest absolute Gasteiger partial charge is 0.231 e. The highest BCUT2D eigenvalue weighted by molar-refractivity contribution is 7.09. The Labute approximate surface area is 110 Å². The van der Waals surface area contributed by atoms with Crippen LogP contribution in [0.1, 0.15) is 4.88 Å². The third-order valence-corrected chi connectivity index (χ3v) is 3.21. The van der Waals surface area contributed by atoms with Crippen LogP contribution in [-0.2, 0) is 6.42 Å². The van der Waals surface area contributed by atoms with Gasteiger partial charge in [0.1, 0.15) is 0 Å². The Bertz CT molecular complexity index is 496. The number of hydrogen-bond acceptors (Lipinski definition) is 7. The molecule has 0 spiro atoms. The van der Waals surface area contributed by atoms with Gasteiger partial charge < -0.3 is 16.0 Å². The normalized spacial score (nSPS) is 10.3. The Kier molecular flexibility index (Phi) is 3.93. The van der Waals surface area contributed by atoms with Gasteiger partial charge in [-0.15, -0.1) is 11.3 Å². The minimum absolute atomic E-state index is 0.229. The summed E-state index contributed by atoms with van der Waals surface area (Å²) in [5.74, 6) is 1.30. The molecule has 0 atom stereocenters. The maximum Gasteiger partial charge on any atom is 0.231 e. The molecular weight excluding hydrogens is 248 g/mol. The van der Waals surface area contributed by atoms with E-state index in [0.717, 1.165) is 13.0 Å². The number of nitrogens with two attached hydrogens (primary N) is 1. The van der Waals surface area contributed by atoms with E-state index in [4.69, 9.17) is 5.73 Å². The van der Waals surface area contributed by atoms with Crippen molar-refractivity contribution in [3.63, 3.8) is 0 Å². The maximum atomic E-state index is 5.64. The second kappa shape index (κ2) is 5.63. The molecular formula is C11H16N6S. The van der Waals surface area contributed by atoms with Crippen molar-refractivity contribution in [3.05, 3.63) is 22.4 Å². The zero-order valence-corrected chi connectivity index (χ0v) is 11.2. The lowest BCUT2D eigenvalue weighted by Gasteiger charge is -2.11. The molecule has 3 N–H and O–H groups in total. The van der Waals surface area contributed by atoms with Crippen molar-refractivity contribution >= 4 is 29.2 Å². The number of rotatable bonds is 5. The van der Waals surface area contributed by atoms with Crippen molar-refractivity contribution < 1.29 is 0 Å². The van der Waals surface area contributed by atoms with Crippen molar-refractivity contribution in [1.82, 2.24) is 15.0 Å². The Hall–Kier alpha value is -1.89. The molecule has 96 valence electrons. The van der Waals surface area contributed by atoms with Gasteiger partial charge in [0, 0.05) is 25.5 Å². The van der Waals surface area contributed by atoms with E-state index in [-0.39, 0.29) is 5.95 Å². The van der Waals surface area contributed by atoms with Crippen molar-refractivity contribution in [1.29, 1.82) is 0 Å². The first-order valence-corrected chi connectivity index (χ1v) is 6.48. The fraction of sp³-hybridized carbons (Fsp3) is 0.364. The van der Waals surface area contributed by atoms with Crippen LogP contribution in [0.5, 0.6) is 0 Å². The summed E-state index contributed by atoms with van der Waals surface area (Å²) in [6, 6.07) is 4.16. The zero-order chi connectivity index (χ0) is 13.0. The summed E-state index contributed by atoms with van der Waals surface area (Å²) >= 11 is 1.74. The predicted octanol–water partition coefficient (Wildman–Crippen LogP) is 1.24. The van der Waals surface area contributed by atoms with Crippen LogP contribution in [0.15, 0.2) is 17.5 Å². The van der Waals surface area contributed by atoms with Crippen molar-refractivity contribution in [2.45, 2.75) is 6.42 Å². The van der Waals surface area contributed by atoms with Crippen LogP contribution < -0.4 is 16.0 Å². The Morgan fingerprint density at radius 2 is 2.17 bits per heavy atom. The first-order valence-electron chi connectivity index (χ1n) is 5.60. The van der Waals surface area contributed by atoms with Crippen LogP contribution in [0.3, 0.4) is 0 Å². The van der Waals surface area contributed by atoms with Gasteiger partial charge in [0.05, 0.1) is 0 Å². The summed E-state index contributed by atoms with van der Waals surface area (Å²) in [6.07, 6.45) is 0.945. The summed E-state index contributed by atoms with van der Waals surface area (Å²) in [5.41, 5.74) is 5.64. The van der Waals surface area contributed by atoms with E-state index in [1.54, 1.807) is 16.2 Å². The molecule has 18 heavy (non-hydrogen) atoms. The maximum absolute atomic E-state index is 5.64. The van der Waals surface area contributed by atoms with Crippen LogP contribution in [0.4, 0.5) is 17.8 Å². The number of nitrogen functional groups attached to an aromatic ring is 1. The van der Waals surface area contributed by atoms with Gasteiger partial charge in [-0.25, -0.2) is 0 Å². The summed E-state index contributed by atoms with van der Waals surface area (Å²) in [6.45, 7) is 0.775. The molecule has 2 rings (SSSR count). The lowest BCUT2D eigenvalue weighted by Crippen LogP contribution is -2.17. The van der Waals surface area contributed by atoms with E-state index in [1.165, 1.54) is 4.88 Å². The minimum Gasteiger partial charge on any atom is -0.368 e. The summed E-state index contributed by atoms with van der Waals surface area (Å²) in [4.78, 5) is 15.5. The zero-order valence-electron chi connectivity index (χ0n) is 10.4. The molecule has 2 heterocycles. The molecule has 0 bridgehead atoms. The van der Waals surface area contributed by atoms with Crippen LogP contribution in [0.25, 0.3) is 0 Å². The highest BCUT2D eigenvalue weighted by atomic mass is 32.1. The molecule has 0 saturated heterocycles. The fourth-order valence-corrected chi connectivity index (χ4v) is 2.12. The molecule has 7 heteroatoms. The summed E-state index contributed by atoms with van der Waals surface area (Å²) in [5, 5.41) is 5.23. The van der Waals surface area contributed by atoms with Crippen molar-refractivity contribution in [2.75, 3.05) is 36.6 Å². The Morgan fingerprint density at radius 3 is 2.83 bits per heavy atom. The van der Waals surface area contributed by atoms with Gasteiger partial charge in [0.2, 0.25) is 17.8 Å². The minimum atomic E-state index is 0.229. The topological polar surface area (TPSA) is 80.0 Å². The fourth-order valence-electron chi connectivity index (χ4n) is 1.41. The number of aromatic nitrogens is 3. The highest BCUT2D eigenvalue weighted by Crippen LogP contribution is 2.11. The van der Waals surface area contributed by atoms with E-state index in [2.05, 4.69) is 31.7 Å². The molecule has 0 aliphatic carbocycles. The first kappa shape index (κ1) is 12.6. The average molecular weight is 264 g/mol. The summed E-state index contributed by atoms with van der Waals surface area (Å²) in [7, 11) is 3.73. The average Bonchev–Trinajstić information content (AvgIpc) is 2.81. The molecule has 0 unspecified atom stereocenters. The third-order valence-electron chi connectivity index (χ3n) is 2.28. The Balaban J connectivity index is 1.96. The first-order chi connectivity index (χ1) is 8.65. The van der Waals surface area contributed by atoms with Gasteiger partial charge >= 0.3 is 0 Å². The third kappa shape index (κ3) is 3.30. The Morgan fingerprint density at radius 1 is 1.33 bits per heavy atom. The van der Waals surface area contributed by atoms with Crippen LogP contribution in [-0.4, -0.2) is 35.6 Å². The van der Waals surface area contributed by atoms with Crippen LogP contribution in [0, 0.1) is 0 Å². The number of nitrogens with one attached hydrogen (secondary N) is 1. The van der Waals surface area contributed by atoms with E-state index >= 15 is 0 Å². The molecule has 0 saturated carbocycles. The number of anilines is 3. The van der Waals surface area contributed by atoms with Crippen molar-refractivity contribution in [2.24, 2.45) is 0 Å². The lowest BCUT2D eigenvalue weighted by atomic mass is 10.3. The second-order valence-corrected chi connectivity index (χ2v) is 5.00. The largest absolute Gasteiger partial charge is 0.368 e. The molecule has 0 fully saturated rings. The van der Waals surface area contributed by atoms with Crippen molar-refractivity contribution in [3.8, 4) is 0 Å². The number of thiophene rings is 1. The number of nitrogens with zero attached hydrogens (tertiary/aromatic N) is 4. The van der Waals surface area contributed by atoms with E-state index in [0.29, 0.717) is 11.9 Å². The second-order valence-electron chi connectivity index (χ2n) is 3.97. The highest BCUT2D eigenvalue weighted by Gasteiger charge is 2.05. The van der Waals surface area contributed by atoms with Gasteiger partial charge in [0.15, 0.2) is 0 Å². The molecule has 0 aromatic carbocycles. The molecule has 2 aromatic heterocycles. The monoisotopic (exact) mass is 264 g/mol. The van der Waals surface area contributed by atoms with E-state index < -0.39 is 0 Å². The molecule has 0 radical (unpaired) electrons. The van der Waals surface area contributed by atoms with Gasteiger partial charge in [-0.05, 0) is 17.9 Å². The van der Waals surface area contributed by atoms with E-state index in [9.17, 15) is 0 Å². The number of hydrogen-bond donors (Lipinski definition) is 2.